The highest BCUT2D eigenvalue weighted by atomic mass is 19.1. The van der Waals surface area contributed by atoms with Crippen molar-refractivity contribution in [3.05, 3.63) is 70.8 Å². The number of rotatable bonds is 6. The molecule has 0 saturated carbocycles. The molecule has 2 aromatic carbocycles. The molecule has 0 saturated heterocycles. The van der Waals surface area contributed by atoms with Crippen molar-refractivity contribution < 1.29 is 18.7 Å². The maximum Gasteiger partial charge on any atom is 0.251 e. The Morgan fingerprint density at radius 2 is 1.79 bits per heavy atom. The normalized spacial score (nSPS) is 12.2. The van der Waals surface area contributed by atoms with Crippen molar-refractivity contribution in [2.75, 3.05) is 20.6 Å². The molecule has 4 nitrogen and oxygen atoms in total. The van der Waals surface area contributed by atoms with Crippen molar-refractivity contribution in [3.63, 3.8) is 0 Å². The molecule has 0 aromatic heterocycles. The van der Waals surface area contributed by atoms with E-state index in [1.807, 2.05) is 25.1 Å². The fourth-order valence-corrected chi connectivity index (χ4v) is 2.40. The van der Waals surface area contributed by atoms with Crippen molar-refractivity contribution >= 4 is 5.91 Å². The van der Waals surface area contributed by atoms with Gasteiger partial charge in [-0.3, -0.25) is 4.79 Å². The van der Waals surface area contributed by atoms with Crippen LogP contribution in [0.4, 0.5) is 8.78 Å². The predicted molar refractivity (Wildman–Crippen MR) is 87.5 cm³/mol. The van der Waals surface area contributed by atoms with Gasteiger partial charge in [0.1, 0.15) is 17.7 Å². The molecule has 0 fully saturated rings. The summed E-state index contributed by atoms with van der Waals surface area (Å²) in [5.74, 6) is -2.10. The predicted octanol–water partition coefficient (Wildman–Crippen LogP) is 2.49. The molecule has 2 N–H and O–H groups in total. The standard InChI is InChI=1S/C18H20F2N2O2/c1-22(2)11-12-5-3-6-13(9-12)18(24)21-10-16(23)17-14(19)7-4-8-15(17)20/h3-9,16,23H,10-11H2,1-2H3,(H,21,24). The van der Waals surface area contributed by atoms with Crippen molar-refractivity contribution in [1.29, 1.82) is 0 Å². The van der Waals surface area contributed by atoms with E-state index in [1.165, 1.54) is 6.07 Å². The molecule has 128 valence electrons. The van der Waals surface area contributed by atoms with Gasteiger partial charge in [-0.25, -0.2) is 8.78 Å². The summed E-state index contributed by atoms with van der Waals surface area (Å²) >= 11 is 0. The van der Waals surface area contributed by atoms with Gasteiger partial charge < -0.3 is 15.3 Å². The maximum atomic E-state index is 13.6. The van der Waals surface area contributed by atoms with Crippen LogP contribution in [0.5, 0.6) is 0 Å². The number of hydrogen-bond acceptors (Lipinski definition) is 3. The number of amides is 1. The van der Waals surface area contributed by atoms with Crippen LogP contribution in [-0.4, -0.2) is 36.6 Å². The lowest BCUT2D eigenvalue weighted by Crippen LogP contribution is -2.29. The van der Waals surface area contributed by atoms with Crippen LogP contribution in [0.2, 0.25) is 0 Å². The van der Waals surface area contributed by atoms with E-state index in [4.69, 9.17) is 0 Å². The summed E-state index contributed by atoms with van der Waals surface area (Å²) in [6.45, 7) is 0.402. The number of nitrogens with one attached hydrogen (secondary N) is 1. The highest BCUT2D eigenvalue weighted by Gasteiger charge is 2.18. The quantitative estimate of drug-likeness (QED) is 0.853. The molecule has 24 heavy (non-hydrogen) atoms. The van der Waals surface area contributed by atoms with Crippen LogP contribution in [-0.2, 0) is 6.54 Å². The molecule has 0 aliphatic carbocycles. The molecular formula is C18H20F2N2O2. The molecule has 0 spiro atoms. The number of carbonyl (C=O) groups is 1. The van der Waals surface area contributed by atoms with E-state index in [9.17, 15) is 18.7 Å². The third-order valence-electron chi connectivity index (χ3n) is 3.48. The Morgan fingerprint density at radius 3 is 2.42 bits per heavy atom. The second kappa shape index (κ2) is 7.99. The first-order valence-corrected chi connectivity index (χ1v) is 7.52. The SMILES string of the molecule is CN(C)Cc1cccc(C(=O)NCC(O)c2c(F)cccc2F)c1. The van der Waals surface area contributed by atoms with Crippen LogP contribution in [0, 0.1) is 11.6 Å². The third kappa shape index (κ3) is 4.59. The van der Waals surface area contributed by atoms with Crippen molar-refractivity contribution in [2.24, 2.45) is 0 Å². The molecule has 0 aliphatic heterocycles. The number of nitrogens with zero attached hydrogens (tertiary/aromatic N) is 1. The average molecular weight is 334 g/mol. The van der Waals surface area contributed by atoms with E-state index < -0.39 is 29.2 Å². The van der Waals surface area contributed by atoms with E-state index in [0.29, 0.717) is 12.1 Å². The second-order valence-electron chi connectivity index (χ2n) is 5.80. The van der Waals surface area contributed by atoms with Crippen molar-refractivity contribution in [3.8, 4) is 0 Å². The van der Waals surface area contributed by atoms with Gasteiger partial charge in [0, 0.05) is 18.7 Å². The molecule has 0 heterocycles. The number of aliphatic hydroxyl groups excluding tert-OH is 1. The van der Waals surface area contributed by atoms with Crippen LogP contribution in [0.15, 0.2) is 42.5 Å². The molecule has 2 rings (SSSR count). The lowest BCUT2D eigenvalue weighted by molar-refractivity contribution is 0.0911. The Bertz CT molecular complexity index is 700. The van der Waals surface area contributed by atoms with Crippen LogP contribution in [0.25, 0.3) is 0 Å². The fraction of sp³-hybridized carbons (Fsp3) is 0.278. The van der Waals surface area contributed by atoms with Gasteiger partial charge >= 0.3 is 0 Å². The fourth-order valence-electron chi connectivity index (χ4n) is 2.40. The van der Waals surface area contributed by atoms with Gasteiger partial charge in [0.25, 0.3) is 5.91 Å². The molecule has 1 unspecified atom stereocenters. The Kier molecular flexibility index (Phi) is 6.00. The van der Waals surface area contributed by atoms with Crippen LogP contribution < -0.4 is 5.32 Å². The topological polar surface area (TPSA) is 52.6 Å². The van der Waals surface area contributed by atoms with E-state index in [-0.39, 0.29) is 6.54 Å². The summed E-state index contributed by atoms with van der Waals surface area (Å²) in [6, 6.07) is 10.4. The first kappa shape index (κ1) is 18.0. The minimum atomic E-state index is -1.46. The van der Waals surface area contributed by atoms with Crippen LogP contribution in [0.3, 0.4) is 0 Å². The van der Waals surface area contributed by atoms with Crippen LogP contribution in [0.1, 0.15) is 27.6 Å². The van der Waals surface area contributed by atoms with E-state index in [2.05, 4.69) is 5.32 Å². The summed E-state index contributed by atoms with van der Waals surface area (Å²) in [7, 11) is 3.85. The van der Waals surface area contributed by atoms with E-state index in [0.717, 1.165) is 17.7 Å². The maximum absolute atomic E-state index is 13.6. The summed E-state index contributed by atoms with van der Waals surface area (Å²) < 4.78 is 27.2. The molecule has 1 atom stereocenters. The van der Waals surface area contributed by atoms with Crippen molar-refractivity contribution in [2.45, 2.75) is 12.6 Å². The van der Waals surface area contributed by atoms with Gasteiger partial charge in [0.15, 0.2) is 0 Å². The molecule has 6 heteroatoms. The summed E-state index contributed by atoms with van der Waals surface area (Å²) in [6.07, 6.45) is -1.46. The zero-order valence-electron chi connectivity index (χ0n) is 13.6. The highest BCUT2D eigenvalue weighted by Crippen LogP contribution is 2.20. The van der Waals surface area contributed by atoms with Crippen LogP contribution >= 0.6 is 0 Å². The minimum absolute atomic E-state index is 0.283. The van der Waals surface area contributed by atoms with Gasteiger partial charge in [0.05, 0.1) is 5.56 Å². The van der Waals surface area contributed by atoms with Gasteiger partial charge in [0.2, 0.25) is 0 Å². The number of benzene rings is 2. The lowest BCUT2D eigenvalue weighted by atomic mass is 10.1. The first-order chi connectivity index (χ1) is 11.4. The second-order valence-corrected chi connectivity index (χ2v) is 5.80. The monoisotopic (exact) mass is 334 g/mol. The summed E-state index contributed by atoms with van der Waals surface area (Å²) in [5, 5.41) is 12.4. The molecule has 0 aliphatic rings. The Balaban J connectivity index is 2.03. The lowest BCUT2D eigenvalue weighted by Gasteiger charge is -2.14. The highest BCUT2D eigenvalue weighted by molar-refractivity contribution is 5.94. The average Bonchev–Trinajstić information content (AvgIpc) is 2.52. The number of hydrogen-bond donors (Lipinski definition) is 2. The zero-order chi connectivity index (χ0) is 17.7. The molecule has 1 amide bonds. The zero-order valence-corrected chi connectivity index (χ0v) is 13.6. The Morgan fingerprint density at radius 1 is 1.17 bits per heavy atom. The van der Waals surface area contributed by atoms with Gasteiger partial charge in [-0.05, 0) is 43.9 Å². The number of carbonyl (C=O) groups excluding carboxylic acids is 1. The molecular weight excluding hydrogens is 314 g/mol. The number of aliphatic hydroxyl groups is 1. The van der Waals surface area contributed by atoms with E-state index >= 15 is 0 Å². The van der Waals surface area contributed by atoms with Gasteiger partial charge in [-0.1, -0.05) is 18.2 Å². The first-order valence-electron chi connectivity index (χ1n) is 7.52. The third-order valence-corrected chi connectivity index (χ3v) is 3.48. The minimum Gasteiger partial charge on any atom is -0.386 e. The summed E-state index contributed by atoms with van der Waals surface area (Å²) in [4.78, 5) is 14.1. The van der Waals surface area contributed by atoms with Gasteiger partial charge in [-0.15, -0.1) is 0 Å². The molecule has 2 aromatic rings. The molecule has 0 radical (unpaired) electrons. The smallest absolute Gasteiger partial charge is 0.251 e. The van der Waals surface area contributed by atoms with Crippen molar-refractivity contribution in [1.82, 2.24) is 10.2 Å². The molecule has 0 bridgehead atoms. The van der Waals surface area contributed by atoms with E-state index in [1.54, 1.807) is 18.2 Å². The number of halogens is 2. The summed E-state index contributed by atoms with van der Waals surface area (Å²) in [5.41, 5.74) is 0.947. The Labute approximate surface area is 139 Å². The largest absolute Gasteiger partial charge is 0.386 e. The Hall–Kier alpha value is -2.31. The van der Waals surface area contributed by atoms with Gasteiger partial charge in [-0.2, -0.15) is 0 Å².